The van der Waals surface area contributed by atoms with E-state index >= 15 is 0 Å². The van der Waals surface area contributed by atoms with E-state index in [-0.39, 0.29) is 12.2 Å². The Morgan fingerprint density at radius 2 is 1.80 bits per heavy atom. The van der Waals surface area contributed by atoms with Gasteiger partial charge in [-0.15, -0.1) is 0 Å². The van der Waals surface area contributed by atoms with E-state index in [4.69, 9.17) is 4.74 Å². The molecule has 2 rings (SSSR count). The average molecular weight is 277 g/mol. The highest BCUT2D eigenvalue weighted by Gasteiger charge is 2.20. The second-order valence-electron chi connectivity index (χ2n) is 4.56. The number of rotatable bonds is 5. The molecule has 2 aromatic carbocycles. The number of ether oxygens (including phenoxy) is 1. The van der Waals surface area contributed by atoms with Crippen LogP contribution in [0.1, 0.15) is 17.2 Å². The van der Waals surface area contributed by atoms with Crippen LogP contribution in [0.5, 0.6) is 5.75 Å². The summed E-state index contributed by atoms with van der Waals surface area (Å²) in [5, 5.41) is 2.89. The molecular weight excluding hydrogens is 260 g/mol. The molecule has 0 aliphatic heterocycles. The zero-order valence-electron chi connectivity index (χ0n) is 11.5. The van der Waals surface area contributed by atoms with Crippen LogP contribution >= 0.6 is 0 Å². The maximum absolute atomic E-state index is 14.1. The number of likely N-dealkylation sites (N-methyl/N-ethyl adjacent to an activating group) is 1. The third-order valence-electron chi connectivity index (χ3n) is 3.18. The smallest absolute Gasteiger partial charge is 0.133 e. The summed E-state index contributed by atoms with van der Waals surface area (Å²) in [4.78, 5) is 0. The number of para-hydroxylation sites is 1. The first-order valence-corrected chi connectivity index (χ1v) is 6.43. The highest BCUT2D eigenvalue weighted by Crippen LogP contribution is 2.24. The molecule has 1 atom stereocenters. The predicted molar refractivity (Wildman–Crippen MR) is 74.8 cm³/mol. The van der Waals surface area contributed by atoms with Crippen LogP contribution in [0.4, 0.5) is 8.78 Å². The molecule has 0 aliphatic rings. The lowest BCUT2D eigenvalue weighted by Gasteiger charge is -2.19. The van der Waals surface area contributed by atoms with Gasteiger partial charge in [0.05, 0.1) is 6.04 Å². The monoisotopic (exact) mass is 277 g/mol. The van der Waals surface area contributed by atoms with Gasteiger partial charge < -0.3 is 10.1 Å². The maximum atomic E-state index is 14.1. The van der Waals surface area contributed by atoms with Gasteiger partial charge in [-0.05, 0) is 37.7 Å². The molecule has 1 N–H and O–H groups in total. The van der Waals surface area contributed by atoms with Crippen LogP contribution in [0, 0.1) is 18.6 Å². The molecule has 0 radical (unpaired) electrons. The van der Waals surface area contributed by atoms with Crippen LogP contribution in [0.25, 0.3) is 0 Å². The molecule has 0 bridgehead atoms. The number of hydrogen-bond donors (Lipinski definition) is 1. The minimum Gasteiger partial charge on any atom is -0.492 e. The van der Waals surface area contributed by atoms with Crippen LogP contribution in [-0.2, 0) is 0 Å². The molecule has 0 aromatic heterocycles. The van der Waals surface area contributed by atoms with Crippen molar-refractivity contribution in [3.63, 3.8) is 0 Å². The molecule has 4 heteroatoms. The van der Waals surface area contributed by atoms with Gasteiger partial charge in [-0.25, -0.2) is 8.78 Å². The molecule has 0 aliphatic carbocycles. The Kier molecular flexibility index (Phi) is 4.69. The first kappa shape index (κ1) is 14.5. The number of nitrogens with one attached hydrogen (secondary N) is 1. The zero-order chi connectivity index (χ0) is 14.5. The number of aryl methyl sites for hydroxylation is 1. The molecule has 106 valence electrons. The van der Waals surface area contributed by atoms with Gasteiger partial charge in [-0.1, -0.05) is 24.3 Å². The van der Waals surface area contributed by atoms with Crippen molar-refractivity contribution in [2.75, 3.05) is 13.7 Å². The van der Waals surface area contributed by atoms with Crippen molar-refractivity contribution in [3.05, 3.63) is 65.2 Å². The molecule has 0 spiro atoms. The van der Waals surface area contributed by atoms with E-state index < -0.39 is 17.7 Å². The van der Waals surface area contributed by atoms with Gasteiger partial charge in [0.25, 0.3) is 0 Å². The van der Waals surface area contributed by atoms with Crippen molar-refractivity contribution < 1.29 is 13.5 Å². The van der Waals surface area contributed by atoms with Gasteiger partial charge in [-0.3, -0.25) is 0 Å². The minimum absolute atomic E-state index is 0.0171. The molecule has 20 heavy (non-hydrogen) atoms. The molecular formula is C16H17F2NO. The fourth-order valence-electron chi connectivity index (χ4n) is 2.01. The molecule has 0 heterocycles. The van der Waals surface area contributed by atoms with Gasteiger partial charge >= 0.3 is 0 Å². The first-order chi connectivity index (χ1) is 9.63. The second kappa shape index (κ2) is 6.48. The Balaban J connectivity index is 2.19. The van der Waals surface area contributed by atoms with Crippen molar-refractivity contribution in [1.82, 2.24) is 5.32 Å². The molecule has 2 nitrogen and oxygen atoms in total. The summed E-state index contributed by atoms with van der Waals surface area (Å²) in [7, 11) is 1.65. The lowest BCUT2D eigenvalue weighted by atomic mass is 10.0. The Morgan fingerprint density at radius 3 is 2.45 bits per heavy atom. The number of hydrogen-bond acceptors (Lipinski definition) is 2. The topological polar surface area (TPSA) is 21.3 Å². The lowest BCUT2D eigenvalue weighted by molar-refractivity contribution is 0.266. The summed E-state index contributed by atoms with van der Waals surface area (Å²) in [6, 6.07) is 11.3. The van der Waals surface area contributed by atoms with Crippen LogP contribution < -0.4 is 10.1 Å². The van der Waals surface area contributed by atoms with E-state index in [1.165, 1.54) is 12.1 Å². The van der Waals surface area contributed by atoms with Gasteiger partial charge in [-0.2, -0.15) is 0 Å². The Morgan fingerprint density at radius 1 is 1.10 bits per heavy atom. The van der Waals surface area contributed by atoms with Crippen molar-refractivity contribution in [1.29, 1.82) is 0 Å². The molecule has 0 saturated heterocycles. The maximum Gasteiger partial charge on any atom is 0.133 e. The summed E-state index contributed by atoms with van der Waals surface area (Å²) in [5.74, 6) is -0.425. The molecule has 0 amide bonds. The van der Waals surface area contributed by atoms with Gasteiger partial charge in [0.1, 0.15) is 24.0 Å². The number of benzene rings is 2. The standard InChI is InChI=1S/C16H17F2NO/c1-11-8-9-13(17)15(16(11)18)14(19-2)10-20-12-6-4-3-5-7-12/h3-9,14,19H,10H2,1-2H3. The van der Waals surface area contributed by atoms with Crippen molar-refractivity contribution in [3.8, 4) is 5.75 Å². The largest absolute Gasteiger partial charge is 0.492 e. The average Bonchev–Trinajstić information content (AvgIpc) is 2.47. The van der Waals surface area contributed by atoms with E-state index in [0.717, 1.165) is 0 Å². The predicted octanol–water partition coefficient (Wildman–Crippen LogP) is 3.61. The Labute approximate surface area is 117 Å². The van der Waals surface area contributed by atoms with E-state index in [0.29, 0.717) is 11.3 Å². The van der Waals surface area contributed by atoms with Gasteiger partial charge in [0, 0.05) is 5.56 Å². The fraction of sp³-hybridized carbons (Fsp3) is 0.250. The van der Waals surface area contributed by atoms with Crippen molar-refractivity contribution in [2.45, 2.75) is 13.0 Å². The fourth-order valence-corrected chi connectivity index (χ4v) is 2.01. The van der Waals surface area contributed by atoms with Crippen molar-refractivity contribution >= 4 is 0 Å². The first-order valence-electron chi connectivity index (χ1n) is 6.43. The third kappa shape index (κ3) is 3.14. The SMILES string of the molecule is CNC(COc1ccccc1)c1c(F)ccc(C)c1F. The van der Waals surface area contributed by atoms with E-state index in [2.05, 4.69) is 5.32 Å². The molecule has 0 saturated carbocycles. The van der Waals surface area contributed by atoms with Gasteiger partial charge in [0.2, 0.25) is 0 Å². The van der Waals surface area contributed by atoms with Crippen LogP contribution in [0.2, 0.25) is 0 Å². The second-order valence-corrected chi connectivity index (χ2v) is 4.56. The molecule has 0 fully saturated rings. The van der Waals surface area contributed by atoms with Crippen molar-refractivity contribution in [2.24, 2.45) is 0 Å². The highest BCUT2D eigenvalue weighted by atomic mass is 19.1. The van der Waals surface area contributed by atoms with Gasteiger partial charge in [0.15, 0.2) is 0 Å². The molecule has 2 aromatic rings. The lowest BCUT2D eigenvalue weighted by Crippen LogP contribution is -2.25. The van der Waals surface area contributed by atoms with E-state index in [1.807, 2.05) is 18.2 Å². The summed E-state index contributed by atoms with van der Waals surface area (Å²) in [5.41, 5.74) is 0.435. The third-order valence-corrected chi connectivity index (χ3v) is 3.18. The van der Waals surface area contributed by atoms with Crippen LogP contribution in [-0.4, -0.2) is 13.7 Å². The van der Waals surface area contributed by atoms with E-state index in [1.54, 1.807) is 26.1 Å². The summed E-state index contributed by atoms with van der Waals surface area (Å²) < 4.78 is 33.5. The zero-order valence-corrected chi connectivity index (χ0v) is 11.5. The normalized spacial score (nSPS) is 12.2. The summed E-state index contributed by atoms with van der Waals surface area (Å²) >= 11 is 0. The van der Waals surface area contributed by atoms with E-state index in [9.17, 15) is 8.78 Å². The Hall–Kier alpha value is -1.94. The van der Waals surface area contributed by atoms with Crippen LogP contribution in [0.15, 0.2) is 42.5 Å². The highest BCUT2D eigenvalue weighted by molar-refractivity contribution is 5.30. The summed E-state index contributed by atoms with van der Waals surface area (Å²) in [6.45, 7) is 1.76. The summed E-state index contributed by atoms with van der Waals surface area (Å²) in [6.07, 6.45) is 0. The quantitative estimate of drug-likeness (QED) is 0.901. The molecule has 1 unspecified atom stereocenters. The number of halogens is 2. The Bertz CT molecular complexity index is 572. The van der Waals surface area contributed by atoms with Crippen LogP contribution in [0.3, 0.4) is 0 Å². The minimum atomic E-state index is -0.566.